The number of hydrogen-bond acceptors (Lipinski definition) is 3. The van der Waals surface area contributed by atoms with Crippen LogP contribution in [-0.2, 0) is 16.0 Å². The van der Waals surface area contributed by atoms with Crippen LogP contribution in [0.15, 0.2) is 6.20 Å². The van der Waals surface area contributed by atoms with E-state index in [1.54, 1.807) is 0 Å². The molecule has 106 valence electrons. The third-order valence-corrected chi connectivity index (χ3v) is 3.41. The van der Waals surface area contributed by atoms with E-state index in [0.29, 0.717) is 12.6 Å². The van der Waals surface area contributed by atoms with Crippen molar-refractivity contribution in [2.75, 3.05) is 13.2 Å². The first kappa shape index (κ1) is 14.1. The van der Waals surface area contributed by atoms with Crippen LogP contribution >= 0.6 is 0 Å². The zero-order chi connectivity index (χ0) is 13.8. The molecule has 1 amide bonds. The monoisotopic (exact) mass is 265 g/mol. The summed E-state index contributed by atoms with van der Waals surface area (Å²) in [5.41, 5.74) is 2.30. The molecular weight excluding hydrogens is 242 g/mol. The van der Waals surface area contributed by atoms with Crippen LogP contribution in [0.1, 0.15) is 57.0 Å². The van der Waals surface area contributed by atoms with Crippen LogP contribution in [-0.4, -0.2) is 28.9 Å². The molecular formula is C14H23N3O2. The maximum absolute atomic E-state index is 11.7. The smallest absolute Gasteiger partial charge is 0.246 e. The fourth-order valence-electron chi connectivity index (χ4n) is 2.40. The lowest BCUT2D eigenvalue weighted by Gasteiger charge is -2.22. The quantitative estimate of drug-likeness (QED) is 0.886. The molecule has 1 N–H and O–H groups in total. The van der Waals surface area contributed by atoms with E-state index in [1.807, 2.05) is 11.6 Å². The van der Waals surface area contributed by atoms with Crippen LogP contribution in [0.2, 0.25) is 0 Å². The van der Waals surface area contributed by atoms with Gasteiger partial charge < -0.3 is 10.1 Å². The van der Waals surface area contributed by atoms with E-state index in [1.165, 1.54) is 5.56 Å². The molecule has 0 spiro atoms. The molecule has 0 bridgehead atoms. The Kier molecular flexibility index (Phi) is 4.58. The number of nitrogens with zero attached hydrogens (tertiary/aromatic N) is 2. The fourth-order valence-corrected chi connectivity index (χ4v) is 2.40. The highest BCUT2D eigenvalue weighted by Crippen LogP contribution is 2.29. The summed E-state index contributed by atoms with van der Waals surface area (Å²) in [6, 6.07) is 0.391. The Labute approximate surface area is 114 Å². The minimum absolute atomic E-state index is 0.0386. The molecule has 0 fully saturated rings. The van der Waals surface area contributed by atoms with E-state index < -0.39 is 0 Å². The lowest BCUT2D eigenvalue weighted by molar-refractivity contribution is -0.126. The van der Waals surface area contributed by atoms with Gasteiger partial charge in [-0.15, -0.1) is 0 Å². The third kappa shape index (κ3) is 3.35. The summed E-state index contributed by atoms with van der Waals surface area (Å²) in [4.78, 5) is 11.7. The van der Waals surface area contributed by atoms with E-state index in [9.17, 15) is 4.79 Å². The van der Waals surface area contributed by atoms with Crippen LogP contribution in [0.4, 0.5) is 0 Å². The second-order valence-corrected chi connectivity index (χ2v) is 5.26. The van der Waals surface area contributed by atoms with Crippen molar-refractivity contribution in [1.29, 1.82) is 0 Å². The minimum atomic E-state index is -0.0567. The Morgan fingerprint density at radius 3 is 3.11 bits per heavy atom. The van der Waals surface area contributed by atoms with Crippen LogP contribution < -0.4 is 5.32 Å². The summed E-state index contributed by atoms with van der Waals surface area (Å²) in [5.74, 6) is -0.0567. The summed E-state index contributed by atoms with van der Waals surface area (Å²) in [6.45, 7) is 6.80. The average Bonchev–Trinajstić information content (AvgIpc) is 2.81. The number of carbonyl (C=O) groups excluding carboxylic acids is 1. The van der Waals surface area contributed by atoms with E-state index in [4.69, 9.17) is 4.74 Å². The van der Waals surface area contributed by atoms with Crippen molar-refractivity contribution in [2.45, 2.75) is 52.1 Å². The third-order valence-electron chi connectivity index (χ3n) is 3.41. The van der Waals surface area contributed by atoms with Crippen molar-refractivity contribution < 1.29 is 9.53 Å². The topological polar surface area (TPSA) is 56.1 Å². The molecule has 1 aliphatic carbocycles. The van der Waals surface area contributed by atoms with E-state index in [-0.39, 0.29) is 18.6 Å². The number of hydrogen-bond donors (Lipinski definition) is 1. The normalized spacial score (nSPS) is 18.4. The molecule has 0 radical (unpaired) electrons. The van der Waals surface area contributed by atoms with Gasteiger partial charge in [0.15, 0.2) is 0 Å². The van der Waals surface area contributed by atoms with Gasteiger partial charge >= 0.3 is 0 Å². The van der Waals surface area contributed by atoms with Crippen LogP contribution in [0.25, 0.3) is 0 Å². The Morgan fingerprint density at radius 2 is 2.42 bits per heavy atom. The maximum Gasteiger partial charge on any atom is 0.246 e. The van der Waals surface area contributed by atoms with Crippen LogP contribution in [0.5, 0.6) is 0 Å². The van der Waals surface area contributed by atoms with Gasteiger partial charge in [0.05, 0.1) is 11.7 Å². The number of aryl methyl sites for hydroxylation is 1. The molecule has 0 aliphatic heterocycles. The summed E-state index contributed by atoms with van der Waals surface area (Å²) < 4.78 is 7.11. The predicted octanol–water partition coefficient (Wildman–Crippen LogP) is 1.99. The molecule has 0 saturated carbocycles. The number of rotatable bonds is 5. The maximum atomic E-state index is 11.7. The van der Waals surface area contributed by atoms with Crippen molar-refractivity contribution in [3.63, 3.8) is 0 Å². The zero-order valence-electron chi connectivity index (χ0n) is 12.0. The highest BCUT2D eigenvalue weighted by Gasteiger charge is 2.25. The van der Waals surface area contributed by atoms with Gasteiger partial charge in [0, 0.05) is 18.8 Å². The molecule has 1 aromatic heterocycles. The summed E-state index contributed by atoms with van der Waals surface area (Å²) >= 11 is 0. The van der Waals surface area contributed by atoms with Crippen molar-refractivity contribution in [3.8, 4) is 0 Å². The number of fused-ring (bicyclic) bond motifs is 1. The van der Waals surface area contributed by atoms with Gasteiger partial charge in [-0.3, -0.25) is 9.48 Å². The second-order valence-electron chi connectivity index (χ2n) is 5.26. The fraction of sp³-hybridized carbons (Fsp3) is 0.714. The Balaban J connectivity index is 2.06. The van der Waals surface area contributed by atoms with Gasteiger partial charge in [-0.25, -0.2) is 0 Å². The van der Waals surface area contributed by atoms with Crippen LogP contribution in [0, 0.1) is 0 Å². The molecule has 2 rings (SSSR count). The lowest BCUT2D eigenvalue weighted by Crippen LogP contribution is -2.33. The Bertz CT molecular complexity index is 440. The number of nitrogens with one attached hydrogen (secondary N) is 1. The molecule has 1 aromatic rings. The average molecular weight is 265 g/mol. The first-order valence-corrected chi connectivity index (χ1v) is 7.06. The molecule has 19 heavy (non-hydrogen) atoms. The van der Waals surface area contributed by atoms with Crippen molar-refractivity contribution in [1.82, 2.24) is 15.1 Å². The van der Waals surface area contributed by atoms with E-state index in [0.717, 1.165) is 25.0 Å². The first-order valence-electron chi connectivity index (χ1n) is 7.06. The zero-order valence-corrected chi connectivity index (χ0v) is 12.0. The second kappa shape index (κ2) is 6.19. The first-order chi connectivity index (χ1) is 9.11. The molecule has 1 heterocycles. The SMILES string of the molecule is CCOCC(=O)N[C@@H]1CCCc2cn(C(C)C)nc21. The number of ether oxygens (including phenoxy) is 1. The van der Waals surface area contributed by atoms with Gasteiger partial charge in [-0.05, 0) is 45.6 Å². The number of aromatic nitrogens is 2. The molecule has 0 unspecified atom stereocenters. The Hall–Kier alpha value is -1.36. The van der Waals surface area contributed by atoms with Gasteiger partial charge in [-0.2, -0.15) is 5.10 Å². The molecule has 1 atom stereocenters. The van der Waals surface area contributed by atoms with Crippen molar-refractivity contribution >= 4 is 5.91 Å². The highest BCUT2D eigenvalue weighted by atomic mass is 16.5. The van der Waals surface area contributed by atoms with Gasteiger partial charge in [0.1, 0.15) is 6.61 Å². The largest absolute Gasteiger partial charge is 0.372 e. The molecule has 1 aliphatic rings. The van der Waals surface area contributed by atoms with E-state index in [2.05, 4.69) is 30.5 Å². The summed E-state index contributed by atoms with van der Waals surface area (Å²) in [7, 11) is 0. The van der Waals surface area contributed by atoms with Crippen molar-refractivity contribution in [3.05, 3.63) is 17.5 Å². The molecule has 5 heteroatoms. The number of carbonyl (C=O) groups is 1. The minimum Gasteiger partial charge on any atom is -0.372 e. The van der Waals surface area contributed by atoms with Gasteiger partial charge in [-0.1, -0.05) is 0 Å². The molecule has 0 aromatic carbocycles. The molecule has 5 nitrogen and oxygen atoms in total. The molecule has 0 saturated heterocycles. The number of amides is 1. The van der Waals surface area contributed by atoms with Crippen molar-refractivity contribution in [2.24, 2.45) is 0 Å². The van der Waals surface area contributed by atoms with Gasteiger partial charge in [0.2, 0.25) is 5.91 Å². The predicted molar refractivity (Wildman–Crippen MR) is 72.9 cm³/mol. The van der Waals surface area contributed by atoms with E-state index >= 15 is 0 Å². The lowest BCUT2D eigenvalue weighted by atomic mass is 9.94. The highest BCUT2D eigenvalue weighted by molar-refractivity contribution is 5.77. The summed E-state index contributed by atoms with van der Waals surface area (Å²) in [6.07, 6.45) is 5.22. The standard InChI is InChI=1S/C14H23N3O2/c1-4-19-9-13(18)15-12-7-5-6-11-8-17(10(2)3)16-14(11)12/h8,10,12H,4-7,9H2,1-3H3,(H,15,18)/t12-/m1/s1. The van der Waals surface area contributed by atoms with Gasteiger partial charge in [0.25, 0.3) is 0 Å². The Morgan fingerprint density at radius 1 is 1.63 bits per heavy atom. The van der Waals surface area contributed by atoms with Crippen LogP contribution in [0.3, 0.4) is 0 Å². The summed E-state index contributed by atoms with van der Waals surface area (Å²) in [5, 5.41) is 7.65.